The highest BCUT2D eigenvalue weighted by atomic mass is 16.5. The summed E-state index contributed by atoms with van der Waals surface area (Å²) in [4.78, 5) is 12.1. The Morgan fingerprint density at radius 3 is 2.50 bits per heavy atom. The van der Waals surface area contributed by atoms with Crippen molar-refractivity contribution < 1.29 is 9.53 Å². The van der Waals surface area contributed by atoms with Crippen LogP contribution in [0.25, 0.3) is 0 Å². The lowest BCUT2D eigenvalue weighted by Crippen LogP contribution is -2.49. The number of amides is 1. The Hall–Kier alpha value is -0.610. The Morgan fingerprint density at radius 1 is 1.39 bits per heavy atom. The lowest BCUT2D eigenvalue weighted by atomic mass is 9.79. The number of carbonyl (C=O) groups is 1. The number of rotatable bonds is 6. The molecule has 0 atom stereocenters. The highest BCUT2D eigenvalue weighted by Gasteiger charge is 2.34. The largest absolute Gasteiger partial charge is 0.384 e. The fourth-order valence-electron chi connectivity index (χ4n) is 2.30. The van der Waals surface area contributed by atoms with E-state index >= 15 is 0 Å². The van der Waals surface area contributed by atoms with Crippen LogP contribution >= 0.6 is 0 Å². The Balaban J connectivity index is 2.54. The van der Waals surface area contributed by atoms with Crippen molar-refractivity contribution in [1.29, 1.82) is 0 Å². The molecular weight excluding hydrogens is 228 g/mol. The number of nitrogens with one attached hydrogen (secondary N) is 2. The van der Waals surface area contributed by atoms with Crippen molar-refractivity contribution in [1.82, 2.24) is 10.6 Å². The van der Waals surface area contributed by atoms with E-state index in [1.54, 1.807) is 7.11 Å². The van der Waals surface area contributed by atoms with E-state index in [0.29, 0.717) is 0 Å². The van der Waals surface area contributed by atoms with Crippen molar-refractivity contribution in [2.45, 2.75) is 40.0 Å². The molecule has 0 saturated carbocycles. The topological polar surface area (TPSA) is 50.4 Å². The molecule has 0 unspecified atom stereocenters. The first-order valence-electron chi connectivity index (χ1n) is 6.94. The van der Waals surface area contributed by atoms with E-state index < -0.39 is 0 Å². The Kier molecular flexibility index (Phi) is 5.60. The van der Waals surface area contributed by atoms with Gasteiger partial charge in [0.15, 0.2) is 0 Å². The predicted octanol–water partition coefficient (Wildman–Crippen LogP) is 1.55. The number of hydrogen-bond acceptors (Lipinski definition) is 3. The molecule has 2 N–H and O–H groups in total. The van der Waals surface area contributed by atoms with Crippen LogP contribution in [0.15, 0.2) is 0 Å². The van der Waals surface area contributed by atoms with Gasteiger partial charge >= 0.3 is 0 Å². The number of ether oxygens (including phenoxy) is 1. The third-order valence-electron chi connectivity index (χ3n) is 4.24. The minimum Gasteiger partial charge on any atom is -0.384 e. The second kappa shape index (κ2) is 6.53. The van der Waals surface area contributed by atoms with Crippen LogP contribution in [0.3, 0.4) is 0 Å². The maximum absolute atomic E-state index is 12.1. The smallest absolute Gasteiger partial charge is 0.225 e. The summed E-state index contributed by atoms with van der Waals surface area (Å²) in [5, 5.41) is 6.48. The molecule has 4 heteroatoms. The minimum absolute atomic E-state index is 0.111. The van der Waals surface area contributed by atoms with E-state index in [4.69, 9.17) is 4.74 Å². The van der Waals surface area contributed by atoms with E-state index in [1.165, 1.54) is 0 Å². The van der Waals surface area contributed by atoms with Gasteiger partial charge in [0.2, 0.25) is 5.91 Å². The van der Waals surface area contributed by atoms with Crippen LogP contribution in [-0.2, 0) is 9.53 Å². The number of carbonyl (C=O) groups excluding carboxylic acids is 1. The first-order chi connectivity index (χ1) is 8.46. The molecule has 18 heavy (non-hydrogen) atoms. The van der Waals surface area contributed by atoms with Gasteiger partial charge in [0.25, 0.3) is 0 Å². The molecule has 1 rings (SSSR count). The molecule has 0 aromatic rings. The van der Waals surface area contributed by atoms with Crippen LogP contribution in [-0.4, -0.2) is 39.3 Å². The highest BCUT2D eigenvalue weighted by Crippen LogP contribution is 2.29. The molecule has 1 heterocycles. The van der Waals surface area contributed by atoms with Gasteiger partial charge in [0, 0.05) is 24.5 Å². The standard InChI is InChI=1S/C14H28N2O2/c1-5-13(2,3)12(17)16-10-14(11-18-4)6-8-15-9-7-14/h15H,5-11H2,1-4H3,(H,16,17). The minimum atomic E-state index is -0.277. The van der Waals surface area contributed by atoms with Crippen LogP contribution in [0.5, 0.6) is 0 Å². The lowest BCUT2D eigenvalue weighted by molar-refractivity contribution is -0.130. The van der Waals surface area contributed by atoms with Crippen LogP contribution in [0.2, 0.25) is 0 Å². The molecule has 106 valence electrons. The molecule has 4 nitrogen and oxygen atoms in total. The molecule has 1 aliphatic rings. The summed E-state index contributed by atoms with van der Waals surface area (Å²) in [6, 6.07) is 0. The lowest BCUT2D eigenvalue weighted by Gasteiger charge is -2.38. The number of methoxy groups -OCH3 is 1. The molecule has 0 radical (unpaired) electrons. The summed E-state index contributed by atoms with van der Waals surface area (Å²) in [6.45, 7) is 9.51. The Labute approximate surface area is 111 Å². The van der Waals surface area contributed by atoms with Gasteiger partial charge in [0.05, 0.1) is 6.61 Å². The van der Waals surface area contributed by atoms with Gasteiger partial charge in [-0.3, -0.25) is 4.79 Å². The molecule has 1 fully saturated rings. The maximum atomic E-state index is 12.1. The summed E-state index contributed by atoms with van der Waals surface area (Å²) < 4.78 is 5.35. The summed E-state index contributed by atoms with van der Waals surface area (Å²) >= 11 is 0. The predicted molar refractivity (Wildman–Crippen MR) is 73.5 cm³/mol. The molecule has 0 aliphatic carbocycles. The van der Waals surface area contributed by atoms with Crippen LogP contribution in [0.4, 0.5) is 0 Å². The van der Waals surface area contributed by atoms with Crippen LogP contribution in [0, 0.1) is 10.8 Å². The monoisotopic (exact) mass is 256 g/mol. The summed E-state index contributed by atoms with van der Waals surface area (Å²) in [5.74, 6) is 0.152. The average molecular weight is 256 g/mol. The Morgan fingerprint density at radius 2 is 2.00 bits per heavy atom. The van der Waals surface area contributed by atoms with Crippen LogP contribution < -0.4 is 10.6 Å². The second-order valence-corrected chi connectivity index (χ2v) is 6.10. The van der Waals surface area contributed by atoms with Crippen molar-refractivity contribution in [3.63, 3.8) is 0 Å². The van der Waals surface area contributed by atoms with Gasteiger partial charge in [-0.25, -0.2) is 0 Å². The van der Waals surface area contributed by atoms with Crippen molar-refractivity contribution >= 4 is 5.91 Å². The number of piperidine rings is 1. The third kappa shape index (κ3) is 3.95. The number of hydrogen-bond donors (Lipinski definition) is 2. The van der Waals surface area contributed by atoms with Gasteiger partial charge in [-0.1, -0.05) is 20.8 Å². The van der Waals surface area contributed by atoms with Gasteiger partial charge in [0.1, 0.15) is 0 Å². The van der Waals surface area contributed by atoms with Crippen molar-refractivity contribution in [3.05, 3.63) is 0 Å². The zero-order valence-corrected chi connectivity index (χ0v) is 12.3. The van der Waals surface area contributed by atoms with Crippen LogP contribution in [0.1, 0.15) is 40.0 Å². The summed E-state index contributed by atoms with van der Waals surface area (Å²) in [6.07, 6.45) is 2.99. The molecule has 1 aliphatic heterocycles. The zero-order chi connectivity index (χ0) is 13.6. The highest BCUT2D eigenvalue weighted by molar-refractivity contribution is 5.81. The van der Waals surface area contributed by atoms with Gasteiger partial charge < -0.3 is 15.4 Å². The molecule has 0 bridgehead atoms. The zero-order valence-electron chi connectivity index (χ0n) is 12.3. The van der Waals surface area contributed by atoms with Crippen molar-refractivity contribution in [2.24, 2.45) is 10.8 Å². The van der Waals surface area contributed by atoms with Gasteiger partial charge in [-0.2, -0.15) is 0 Å². The molecule has 1 amide bonds. The van der Waals surface area contributed by atoms with E-state index in [0.717, 1.165) is 45.5 Å². The molecule has 1 saturated heterocycles. The summed E-state index contributed by atoms with van der Waals surface area (Å²) in [7, 11) is 1.74. The first-order valence-corrected chi connectivity index (χ1v) is 6.94. The maximum Gasteiger partial charge on any atom is 0.225 e. The average Bonchev–Trinajstić information content (AvgIpc) is 2.37. The van der Waals surface area contributed by atoms with Gasteiger partial charge in [-0.15, -0.1) is 0 Å². The molecule has 0 aromatic carbocycles. The fourth-order valence-corrected chi connectivity index (χ4v) is 2.30. The molecule has 0 spiro atoms. The van der Waals surface area contributed by atoms with Gasteiger partial charge in [-0.05, 0) is 32.4 Å². The summed E-state index contributed by atoms with van der Waals surface area (Å²) in [5.41, 5.74) is -0.166. The van der Waals surface area contributed by atoms with E-state index in [1.807, 2.05) is 13.8 Å². The third-order valence-corrected chi connectivity index (χ3v) is 4.24. The van der Waals surface area contributed by atoms with Crippen molar-refractivity contribution in [2.75, 3.05) is 33.4 Å². The second-order valence-electron chi connectivity index (χ2n) is 6.10. The molecular formula is C14H28N2O2. The fraction of sp³-hybridized carbons (Fsp3) is 0.929. The Bertz CT molecular complexity index is 265. The van der Waals surface area contributed by atoms with Crippen molar-refractivity contribution in [3.8, 4) is 0 Å². The quantitative estimate of drug-likeness (QED) is 0.758. The normalized spacial score (nSPS) is 19.6. The van der Waals surface area contributed by atoms with E-state index in [2.05, 4.69) is 17.6 Å². The first kappa shape index (κ1) is 15.4. The van der Waals surface area contributed by atoms with E-state index in [9.17, 15) is 4.79 Å². The molecule has 0 aromatic heterocycles. The SMILES string of the molecule is CCC(C)(C)C(=O)NCC1(COC)CCNCC1. The van der Waals surface area contributed by atoms with E-state index in [-0.39, 0.29) is 16.7 Å².